The van der Waals surface area contributed by atoms with Gasteiger partial charge in [-0.15, -0.1) is 11.8 Å². The number of fused-ring (bicyclic) bond motifs is 1. The van der Waals surface area contributed by atoms with Crippen LogP contribution in [-0.2, 0) is 19.4 Å². The third kappa shape index (κ3) is 1.51. The molecular formula is C9H12N2O4S. The second-order valence-electron chi connectivity index (χ2n) is 3.60. The quantitative estimate of drug-likeness (QED) is 0.404. The first-order valence-electron chi connectivity index (χ1n) is 4.73. The maximum Gasteiger partial charge on any atom is 0.389 e. The first-order valence-corrected chi connectivity index (χ1v) is 5.77. The Hall–Kier alpha value is -1.05. The number of rotatable bonds is 2. The van der Waals surface area contributed by atoms with E-state index in [1.54, 1.807) is 18.7 Å². The number of thioether (sulfide) groups is 1. The summed E-state index contributed by atoms with van der Waals surface area (Å²) in [6, 6.07) is -0.525. The lowest BCUT2D eigenvalue weighted by atomic mass is 10.0. The summed E-state index contributed by atoms with van der Waals surface area (Å²) in [5.74, 6) is -0.235. The maximum atomic E-state index is 11.6. The van der Waals surface area contributed by atoms with Crippen LogP contribution in [0.15, 0.2) is 11.3 Å². The lowest BCUT2D eigenvalue weighted by molar-refractivity contribution is -0.252. The summed E-state index contributed by atoms with van der Waals surface area (Å²) in [5, 5.41) is -0.157. The van der Waals surface area contributed by atoms with Crippen molar-refractivity contribution >= 4 is 23.6 Å². The Bertz CT molecular complexity index is 382. The summed E-state index contributed by atoms with van der Waals surface area (Å²) in [4.78, 5) is 33.3. The first kappa shape index (κ1) is 11.4. The number of amides is 1. The van der Waals surface area contributed by atoms with Crippen LogP contribution in [0.3, 0.4) is 0 Å². The molecule has 1 amide bonds. The molecule has 0 bridgehead atoms. The number of hydrogen-bond donors (Lipinski definition) is 1. The van der Waals surface area contributed by atoms with Crippen LogP contribution in [-0.4, -0.2) is 41.1 Å². The van der Waals surface area contributed by atoms with Crippen molar-refractivity contribution in [3.8, 4) is 0 Å². The van der Waals surface area contributed by atoms with Crippen LogP contribution < -0.4 is 5.73 Å². The SMILES string of the molecule is COOC(=O)C1=C(C)CSC2C(N)C(=O)N12. The largest absolute Gasteiger partial charge is 0.389 e. The van der Waals surface area contributed by atoms with Gasteiger partial charge in [-0.3, -0.25) is 14.6 Å². The summed E-state index contributed by atoms with van der Waals surface area (Å²) < 4.78 is 0. The molecule has 2 N–H and O–H groups in total. The summed E-state index contributed by atoms with van der Waals surface area (Å²) >= 11 is 1.55. The number of β-lactam (4-membered cyclic amide) rings is 1. The van der Waals surface area contributed by atoms with Crippen LogP contribution in [0.5, 0.6) is 0 Å². The van der Waals surface area contributed by atoms with Crippen LogP contribution in [0.4, 0.5) is 0 Å². The van der Waals surface area contributed by atoms with E-state index in [9.17, 15) is 9.59 Å². The van der Waals surface area contributed by atoms with Crippen LogP contribution >= 0.6 is 11.8 Å². The van der Waals surface area contributed by atoms with Crippen molar-refractivity contribution in [2.75, 3.05) is 12.9 Å². The molecule has 6 nitrogen and oxygen atoms in total. The van der Waals surface area contributed by atoms with Crippen molar-refractivity contribution < 1.29 is 19.4 Å². The van der Waals surface area contributed by atoms with Crippen molar-refractivity contribution in [3.63, 3.8) is 0 Å². The average molecular weight is 244 g/mol. The summed E-state index contributed by atoms with van der Waals surface area (Å²) in [6.45, 7) is 1.78. The van der Waals surface area contributed by atoms with Crippen molar-refractivity contribution in [1.29, 1.82) is 0 Å². The molecule has 2 heterocycles. The van der Waals surface area contributed by atoms with Crippen LogP contribution in [0.25, 0.3) is 0 Å². The Balaban J connectivity index is 2.27. The van der Waals surface area contributed by atoms with E-state index in [0.29, 0.717) is 5.75 Å². The Morgan fingerprint density at radius 2 is 2.31 bits per heavy atom. The highest BCUT2D eigenvalue weighted by Crippen LogP contribution is 2.39. The minimum absolute atomic E-state index is 0.157. The minimum atomic E-state index is -0.648. The van der Waals surface area contributed by atoms with Gasteiger partial charge in [0.05, 0.1) is 7.11 Å². The Morgan fingerprint density at radius 1 is 1.62 bits per heavy atom. The Kier molecular flexibility index (Phi) is 2.92. The predicted molar refractivity (Wildman–Crippen MR) is 56.9 cm³/mol. The highest BCUT2D eigenvalue weighted by Gasteiger charge is 2.51. The molecule has 2 rings (SSSR count). The van der Waals surface area contributed by atoms with Crippen LogP contribution in [0.2, 0.25) is 0 Å². The molecule has 0 saturated carbocycles. The number of carbonyl (C=O) groups is 2. The topological polar surface area (TPSA) is 81.9 Å². The minimum Gasteiger partial charge on any atom is -0.317 e. The third-order valence-electron chi connectivity index (χ3n) is 2.55. The average Bonchev–Trinajstić information content (AvgIpc) is 2.27. The first-order chi connectivity index (χ1) is 7.57. The predicted octanol–water partition coefficient (Wildman–Crippen LogP) is -0.393. The van der Waals surface area contributed by atoms with Crippen molar-refractivity contribution in [3.05, 3.63) is 11.3 Å². The third-order valence-corrected chi connectivity index (χ3v) is 4.00. The smallest absolute Gasteiger partial charge is 0.317 e. The normalized spacial score (nSPS) is 28.7. The van der Waals surface area contributed by atoms with Gasteiger partial charge in [0.1, 0.15) is 17.1 Å². The highest BCUT2D eigenvalue weighted by molar-refractivity contribution is 8.00. The van der Waals surface area contributed by atoms with Gasteiger partial charge in [-0.25, -0.2) is 4.79 Å². The van der Waals surface area contributed by atoms with E-state index in [1.807, 2.05) is 0 Å². The van der Waals surface area contributed by atoms with Crippen molar-refractivity contribution in [1.82, 2.24) is 4.90 Å². The lowest BCUT2D eigenvalue weighted by Gasteiger charge is -2.47. The lowest BCUT2D eigenvalue weighted by Crippen LogP contribution is -2.68. The zero-order chi connectivity index (χ0) is 11.9. The molecule has 2 aliphatic rings. The van der Waals surface area contributed by atoms with E-state index >= 15 is 0 Å². The monoisotopic (exact) mass is 244 g/mol. The zero-order valence-electron chi connectivity index (χ0n) is 8.93. The number of nitrogens with zero attached hydrogens (tertiary/aromatic N) is 1. The van der Waals surface area contributed by atoms with Gasteiger partial charge >= 0.3 is 5.97 Å². The molecule has 1 fully saturated rings. The number of hydrogen-bond acceptors (Lipinski definition) is 6. The molecule has 16 heavy (non-hydrogen) atoms. The fourth-order valence-corrected chi connectivity index (χ4v) is 3.01. The van der Waals surface area contributed by atoms with Gasteiger partial charge < -0.3 is 5.73 Å². The molecule has 1 saturated heterocycles. The molecule has 2 unspecified atom stereocenters. The zero-order valence-corrected chi connectivity index (χ0v) is 9.74. The molecule has 2 atom stereocenters. The molecule has 0 radical (unpaired) electrons. The van der Waals surface area contributed by atoms with Gasteiger partial charge in [-0.05, 0) is 12.5 Å². The summed E-state index contributed by atoms with van der Waals surface area (Å²) in [7, 11) is 1.24. The van der Waals surface area contributed by atoms with E-state index in [0.717, 1.165) is 5.57 Å². The van der Waals surface area contributed by atoms with Gasteiger partial charge in [0.15, 0.2) is 0 Å². The second kappa shape index (κ2) is 4.08. The molecule has 0 aliphatic carbocycles. The molecule has 88 valence electrons. The van der Waals surface area contributed by atoms with Gasteiger partial charge in [0.2, 0.25) is 5.91 Å². The van der Waals surface area contributed by atoms with Gasteiger partial charge in [0, 0.05) is 5.75 Å². The van der Waals surface area contributed by atoms with E-state index in [2.05, 4.69) is 9.78 Å². The van der Waals surface area contributed by atoms with Gasteiger partial charge in [-0.1, -0.05) is 0 Å². The van der Waals surface area contributed by atoms with Gasteiger partial charge in [0.25, 0.3) is 0 Å². The molecule has 0 aromatic rings. The van der Waals surface area contributed by atoms with Gasteiger partial charge in [-0.2, -0.15) is 4.89 Å². The molecule has 2 aliphatic heterocycles. The maximum absolute atomic E-state index is 11.6. The highest BCUT2D eigenvalue weighted by atomic mass is 32.2. The Morgan fingerprint density at radius 3 is 2.94 bits per heavy atom. The summed E-state index contributed by atoms with van der Waals surface area (Å²) in [5.41, 5.74) is 6.70. The number of carbonyl (C=O) groups excluding carboxylic acids is 2. The summed E-state index contributed by atoms with van der Waals surface area (Å²) in [6.07, 6.45) is 0. The second-order valence-corrected chi connectivity index (χ2v) is 4.71. The van der Waals surface area contributed by atoms with E-state index in [-0.39, 0.29) is 17.0 Å². The molecule has 0 aromatic heterocycles. The molecule has 0 aromatic carbocycles. The van der Waals surface area contributed by atoms with E-state index in [4.69, 9.17) is 5.73 Å². The van der Waals surface area contributed by atoms with E-state index < -0.39 is 12.0 Å². The van der Waals surface area contributed by atoms with Crippen molar-refractivity contribution in [2.24, 2.45) is 5.73 Å². The fourth-order valence-electron chi connectivity index (χ4n) is 1.77. The molecule has 0 spiro atoms. The molecule has 7 heteroatoms. The number of nitrogens with two attached hydrogens (primary N) is 1. The van der Waals surface area contributed by atoms with E-state index in [1.165, 1.54) is 12.0 Å². The van der Waals surface area contributed by atoms with Crippen molar-refractivity contribution in [2.45, 2.75) is 18.3 Å². The Labute approximate surface area is 96.7 Å². The molecular weight excluding hydrogens is 232 g/mol. The van der Waals surface area contributed by atoms with Crippen LogP contribution in [0.1, 0.15) is 6.92 Å². The van der Waals surface area contributed by atoms with Crippen LogP contribution in [0, 0.1) is 0 Å². The standard InChI is InChI=1S/C9H12N2O4S/c1-4-3-16-8-5(10)7(12)11(8)6(4)9(13)15-14-2/h5,8H,3,10H2,1-2H3. The fraction of sp³-hybridized carbons (Fsp3) is 0.556.